The number of halogens is 2. The fourth-order valence-corrected chi connectivity index (χ4v) is 4.35. The summed E-state index contributed by atoms with van der Waals surface area (Å²) in [6.07, 6.45) is 6.56. The quantitative estimate of drug-likeness (QED) is 0.640. The third kappa shape index (κ3) is 4.33. The first-order valence-corrected chi connectivity index (χ1v) is 9.81. The molecule has 1 aliphatic rings. The number of carbonyl (C=O) groups is 1. The molecule has 2 unspecified atom stereocenters. The summed E-state index contributed by atoms with van der Waals surface area (Å²) >= 11 is 6.47. The molecule has 0 spiro atoms. The predicted molar refractivity (Wildman–Crippen MR) is 105 cm³/mol. The molecule has 0 bridgehead atoms. The van der Waals surface area contributed by atoms with Crippen LogP contribution in [-0.4, -0.2) is 27.7 Å². The molecule has 3 rings (SSSR count). The number of rotatable bonds is 10. The average Bonchev–Trinajstić information content (AvgIpc) is 3.20. The van der Waals surface area contributed by atoms with E-state index in [2.05, 4.69) is 9.55 Å². The van der Waals surface area contributed by atoms with E-state index in [1.54, 1.807) is 6.33 Å². The van der Waals surface area contributed by atoms with E-state index in [-0.39, 0.29) is 12.5 Å². The van der Waals surface area contributed by atoms with Crippen LogP contribution in [0.25, 0.3) is 11.3 Å². The first-order chi connectivity index (χ1) is 12.9. The van der Waals surface area contributed by atoms with Gasteiger partial charge in [-0.25, -0.2) is 9.37 Å². The summed E-state index contributed by atoms with van der Waals surface area (Å²) in [5, 5.41) is 0.696. The van der Waals surface area contributed by atoms with E-state index in [1.807, 2.05) is 24.4 Å². The maximum Gasteiger partial charge on any atom is 0.217 e. The van der Waals surface area contributed by atoms with Crippen molar-refractivity contribution in [2.45, 2.75) is 56.7 Å². The molecule has 4 N–H and O–H groups in total. The van der Waals surface area contributed by atoms with Gasteiger partial charge in [-0.15, -0.1) is 0 Å². The number of fused-ring (bicyclic) bond motifs is 3. The zero-order valence-electron chi connectivity index (χ0n) is 15.3. The van der Waals surface area contributed by atoms with Crippen LogP contribution in [0.2, 0.25) is 5.02 Å². The van der Waals surface area contributed by atoms with E-state index in [9.17, 15) is 4.79 Å². The third-order valence-corrected chi connectivity index (χ3v) is 5.74. The van der Waals surface area contributed by atoms with Crippen LogP contribution < -0.4 is 11.5 Å². The molecule has 0 saturated heterocycles. The Hall–Kier alpha value is -1.92. The SMILES string of the molecule is NCCCC(F)(CCCC(N)=O)CCC1c2c(Cl)cccc2-c2cncn21. The van der Waals surface area contributed by atoms with Crippen molar-refractivity contribution in [3.63, 3.8) is 0 Å². The molecule has 2 heterocycles. The van der Waals surface area contributed by atoms with Crippen LogP contribution in [0, 0.1) is 0 Å². The number of hydrogen-bond acceptors (Lipinski definition) is 3. The minimum atomic E-state index is -1.36. The summed E-state index contributed by atoms with van der Waals surface area (Å²) in [5.41, 5.74) is 12.5. The highest BCUT2D eigenvalue weighted by molar-refractivity contribution is 6.32. The van der Waals surface area contributed by atoms with E-state index >= 15 is 4.39 Å². The van der Waals surface area contributed by atoms with Crippen LogP contribution in [0.5, 0.6) is 0 Å². The van der Waals surface area contributed by atoms with Crippen molar-refractivity contribution in [3.05, 3.63) is 41.3 Å². The van der Waals surface area contributed by atoms with E-state index in [4.69, 9.17) is 23.1 Å². The van der Waals surface area contributed by atoms with Gasteiger partial charge in [0.2, 0.25) is 5.91 Å². The Balaban J connectivity index is 1.76. The summed E-state index contributed by atoms with van der Waals surface area (Å²) in [6, 6.07) is 5.79. The second-order valence-corrected chi connectivity index (χ2v) is 7.71. The van der Waals surface area contributed by atoms with Gasteiger partial charge in [0.1, 0.15) is 5.67 Å². The predicted octanol–water partition coefficient (Wildman–Crippen LogP) is 3.99. The van der Waals surface area contributed by atoms with Crippen molar-refractivity contribution in [1.29, 1.82) is 0 Å². The lowest BCUT2D eigenvalue weighted by Crippen LogP contribution is -2.26. The van der Waals surface area contributed by atoms with Gasteiger partial charge in [-0.3, -0.25) is 4.79 Å². The van der Waals surface area contributed by atoms with Gasteiger partial charge in [0, 0.05) is 22.6 Å². The highest BCUT2D eigenvalue weighted by Crippen LogP contribution is 2.46. The molecular formula is C20H26ClFN4O. The monoisotopic (exact) mass is 392 g/mol. The normalized spacial score (nSPS) is 17.4. The molecule has 1 aromatic carbocycles. The van der Waals surface area contributed by atoms with Crippen molar-refractivity contribution in [3.8, 4) is 11.3 Å². The molecule has 146 valence electrons. The van der Waals surface area contributed by atoms with Crippen molar-refractivity contribution in [1.82, 2.24) is 9.55 Å². The van der Waals surface area contributed by atoms with Crippen LogP contribution in [0.1, 0.15) is 56.6 Å². The summed E-state index contributed by atoms with van der Waals surface area (Å²) in [6.45, 7) is 0.450. The van der Waals surface area contributed by atoms with Gasteiger partial charge < -0.3 is 16.0 Å². The second kappa shape index (κ2) is 8.40. The Bertz CT molecular complexity index is 809. The van der Waals surface area contributed by atoms with Gasteiger partial charge in [-0.2, -0.15) is 0 Å². The standard InChI is InChI=1S/C20H26ClFN4O/c21-15-5-1-4-14-17-12-25-13-26(17)16(19(14)15)7-10-20(22,9-3-11-23)8-2-6-18(24)27/h1,4-5,12-13,16H,2-3,6-11,23H2,(H2,24,27). The minimum Gasteiger partial charge on any atom is -0.370 e. The number of primary amides is 1. The average molecular weight is 393 g/mol. The number of amides is 1. The van der Waals surface area contributed by atoms with Gasteiger partial charge in [0.25, 0.3) is 0 Å². The van der Waals surface area contributed by atoms with Crippen LogP contribution >= 0.6 is 11.6 Å². The van der Waals surface area contributed by atoms with Crippen molar-refractivity contribution in [2.75, 3.05) is 6.54 Å². The van der Waals surface area contributed by atoms with Gasteiger partial charge in [0.15, 0.2) is 0 Å². The van der Waals surface area contributed by atoms with Crippen LogP contribution in [0.15, 0.2) is 30.7 Å². The molecule has 0 fully saturated rings. The zero-order chi connectivity index (χ0) is 19.4. The zero-order valence-corrected chi connectivity index (χ0v) is 16.1. The number of alkyl halides is 1. The number of nitrogens with zero attached hydrogens (tertiary/aromatic N) is 2. The topological polar surface area (TPSA) is 86.9 Å². The molecule has 2 aromatic rings. The number of hydrogen-bond donors (Lipinski definition) is 2. The summed E-state index contributed by atoms with van der Waals surface area (Å²) < 4.78 is 17.7. The van der Waals surface area contributed by atoms with E-state index in [0.717, 1.165) is 16.8 Å². The Labute approximate surface area is 163 Å². The molecule has 1 aromatic heterocycles. The van der Waals surface area contributed by atoms with Crippen LogP contribution in [0.3, 0.4) is 0 Å². The van der Waals surface area contributed by atoms with Crippen LogP contribution in [0.4, 0.5) is 4.39 Å². The van der Waals surface area contributed by atoms with Gasteiger partial charge in [0.05, 0.1) is 24.3 Å². The molecule has 1 amide bonds. The minimum absolute atomic E-state index is 0.0321. The maximum absolute atomic E-state index is 15.6. The molecule has 0 radical (unpaired) electrons. The van der Waals surface area contributed by atoms with Gasteiger partial charge >= 0.3 is 0 Å². The highest BCUT2D eigenvalue weighted by atomic mass is 35.5. The number of aromatic nitrogens is 2. The van der Waals surface area contributed by atoms with Gasteiger partial charge in [-0.1, -0.05) is 23.7 Å². The number of benzene rings is 1. The lowest BCUT2D eigenvalue weighted by atomic mass is 9.86. The Morgan fingerprint density at radius 3 is 2.81 bits per heavy atom. The molecule has 5 nitrogen and oxygen atoms in total. The molecular weight excluding hydrogens is 367 g/mol. The summed E-state index contributed by atoms with van der Waals surface area (Å²) in [4.78, 5) is 15.2. The van der Waals surface area contributed by atoms with Crippen molar-refractivity contribution in [2.24, 2.45) is 11.5 Å². The Morgan fingerprint density at radius 1 is 1.30 bits per heavy atom. The first-order valence-electron chi connectivity index (χ1n) is 9.43. The lowest BCUT2D eigenvalue weighted by molar-refractivity contribution is -0.118. The second-order valence-electron chi connectivity index (χ2n) is 7.30. The lowest BCUT2D eigenvalue weighted by Gasteiger charge is -2.27. The number of imidazole rings is 1. The van der Waals surface area contributed by atoms with Crippen molar-refractivity contribution < 1.29 is 9.18 Å². The molecule has 0 saturated carbocycles. The molecule has 0 aliphatic carbocycles. The summed E-state index contributed by atoms with van der Waals surface area (Å²) in [5.74, 6) is -0.393. The number of nitrogens with two attached hydrogens (primary N) is 2. The van der Waals surface area contributed by atoms with E-state index < -0.39 is 11.6 Å². The van der Waals surface area contributed by atoms with Crippen molar-refractivity contribution >= 4 is 17.5 Å². The van der Waals surface area contributed by atoms with Gasteiger partial charge in [-0.05, 0) is 51.1 Å². The van der Waals surface area contributed by atoms with E-state index in [0.29, 0.717) is 50.1 Å². The third-order valence-electron chi connectivity index (χ3n) is 5.41. The molecule has 27 heavy (non-hydrogen) atoms. The smallest absolute Gasteiger partial charge is 0.217 e. The number of carbonyl (C=O) groups excluding carboxylic acids is 1. The summed E-state index contributed by atoms with van der Waals surface area (Å²) in [7, 11) is 0. The first kappa shape index (κ1) is 19.8. The Kier molecular flexibility index (Phi) is 6.17. The molecule has 7 heteroatoms. The fourth-order valence-electron chi connectivity index (χ4n) is 4.05. The van der Waals surface area contributed by atoms with Crippen LogP contribution in [-0.2, 0) is 4.79 Å². The van der Waals surface area contributed by atoms with E-state index in [1.165, 1.54) is 0 Å². The largest absolute Gasteiger partial charge is 0.370 e. The Morgan fingerprint density at radius 2 is 2.07 bits per heavy atom. The molecule has 1 aliphatic heterocycles. The molecule has 2 atom stereocenters. The maximum atomic E-state index is 15.6. The highest BCUT2D eigenvalue weighted by Gasteiger charge is 2.35. The fraction of sp³-hybridized carbons (Fsp3) is 0.500.